The summed E-state index contributed by atoms with van der Waals surface area (Å²) in [6, 6.07) is 36.9. The van der Waals surface area contributed by atoms with Gasteiger partial charge in [0.2, 0.25) is 0 Å². The highest BCUT2D eigenvalue weighted by Crippen LogP contribution is 2.55. The van der Waals surface area contributed by atoms with Gasteiger partial charge < -0.3 is 9.80 Å². The van der Waals surface area contributed by atoms with Crippen LogP contribution in [-0.2, 0) is 27.1 Å². The van der Waals surface area contributed by atoms with Crippen LogP contribution in [0.15, 0.2) is 91.0 Å². The molecule has 0 atom stereocenters. The summed E-state index contributed by atoms with van der Waals surface area (Å²) < 4.78 is 2.78. The Morgan fingerprint density at radius 2 is 1.08 bits per heavy atom. The fourth-order valence-electron chi connectivity index (χ4n) is 12.3. The van der Waals surface area contributed by atoms with Crippen LogP contribution in [0.2, 0.25) is 0 Å². The van der Waals surface area contributed by atoms with E-state index in [-0.39, 0.29) is 33.8 Å². The van der Waals surface area contributed by atoms with Crippen LogP contribution in [0.4, 0.5) is 34.1 Å². The van der Waals surface area contributed by atoms with Gasteiger partial charge in [-0.3, -0.25) is 0 Å². The molecule has 0 spiro atoms. The van der Waals surface area contributed by atoms with Crippen LogP contribution in [0, 0.1) is 20.8 Å². The molecule has 320 valence electrons. The Bertz CT molecular complexity index is 3110. The number of aryl methyl sites for hydroxylation is 3. The largest absolute Gasteiger partial charge is 0.311 e. The maximum Gasteiger partial charge on any atom is 0.252 e. The number of benzene rings is 6. The van der Waals surface area contributed by atoms with E-state index in [1.807, 2.05) is 11.3 Å². The smallest absolute Gasteiger partial charge is 0.252 e. The van der Waals surface area contributed by atoms with Crippen LogP contribution in [0.1, 0.15) is 146 Å². The lowest BCUT2D eigenvalue weighted by atomic mass is 9.33. The molecule has 0 saturated heterocycles. The molecular formula is C59H65BN2S. The summed E-state index contributed by atoms with van der Waals surface area (Å²) in [5.74, 6) is 0. The predicted octanol–water partition coefficient (Wildman–Crippen LogP) is 15.1. The van der Waals surface area contributed by atoms with Gasteiger partial charge in [-0.2, -0.15) is 0 Å². The second kappa shape index (κ2) is 13.2. The fourth-order valence-corrected chi connectivity index (χ4v) is 13.4. The quantitative estimate of drug-likeness (QED) is 0.160. The van der Waals surface area contributed by atoms with Crippen molar-refractivity contribution in [3.8, 4) is 0 Å². The number of anilines is 6. The molecule has 0 bridgehead atoms. The predicted molar refractivity (Wildman–Crippen MR) is 277 cm³/mol. The van der Waals surface area contributed by atoms with Crippen molar-refractivity contribution in [2.24, 2.45) is 0 Å². The van der Waals surface area contributed by atoms with Gasteiger partial charge >= 0.3 is 0 Å². The summed E-state index contributed by atoms with van der Waals surface area (Å²) in [6.07, 6.45) is 4.79. The first-order valence-corrected chi connectivity index (χ1v) is 24.5. The molecule has 0 amide bonds. The van der Waals surface area contributed by atoms with E-state index in [1.54, 1.807) is 0 Å². The maximum atomic E-state index is 2.69. The minimum absolute atomic E-state index is 0.0600. The molecule has 0 radical (unpaired) electrons. The van der Waals surface area contributed by atoms with Crippen molar-refractivity contribution < 1.29 is 0 Å². The first-order chi connectivity index (χ1) is 29.6. The van der Waals surface area contributed by atoms with Gasteiger partial charge in [-0.15, -0.1) is 11.3 Å². The van der Waals surface area contributed by atoms with Crippen molar-refractivity contribution in [3.05, 3.63) is 136 Å². The molecule has 6 aromatic carbocycles. The number of hydrogen-bond donors (Lipinski definition) is 0. The first kappa shape index (κ1) is 40.9. The van der Waals surface area contributed by atoms with Gasteiger partial charge in [-0.25, -0.2) is 0 Å². The highest BCUT2D eigenvalue weighted by atomic mass is 32.1. The van der Waals surface area contributed by atoms with Crippen molar-refractivity contribution in [1.82, 2.24) is 0 Å². The molecule has 4 aliphatic rings. The molecular weight excluding hydrogens is 780 g/mol. The topological polar surface area (TPSA) is 6.48 Å². The average molecular weight is 845 g/mol. The molecule has 0 N–H and O–H groups in total. The van der Waals surface area contributed by atoms with Crippen LogP contribution in [0.3, 0.4) is 0 Å². The molecule has 63 heavy (non-hydrogen) atoms. The molecule has 2 aliphatic heterocycles. The van der Waals surface area contributed by atoms with Crippen molar-refractivity contribution in [2.75, 3.05) is 9.80 Å². The van der Waals surface area contributed by atoms with Crippen LogP contribution in [0.25, 0.3) is 20.2 Å². The summed E-state index contributed by atoms with van der Waals surface area (Å²) in [5, 5.41) is 2.82. The number of rotatable bonds is 2. The summed E-state index contributed by atoms with van der Waals surface area (Å²) in [5.41, 5.74) is 23.9. The summed E-state index contributed by atoms with van der Waals surface area (Å²) in [4.78, 5) is 5.37. The molecule has 2 aliphatic carbocycles. The third-order valence-electron chi connectivity index (χ3n) is 16.4. The van der Waals surface area contributed by atoms with Crippen LogP contribution >= 0.6 is 11.3 Å². The highest BCUT2D eigenvalue weighted by molar-refractivity contribution is 7.26. The zero-order chi connectivity index (χ0) is 44.5. The molecule has 3 heterocycles. The zero-order valence-electron chi connectivity index (χ0n) is 40.4. The lowest BCUT2D eigenvalue weighted by Gasteiger charge is -2.48. The highest BCUT2D eigenvalue weighted by Gasteiger charge is 2.48. The van der Waals surface area contributed by atoms with Crippen LogP contribution in [0.5, 0.6) is 0 Å². The van der Waals surface area contributed by atoms with Crippen molar-refractivity contribution in [1.29, 1.82) is 0 Å². The van der Waals surface area contributed by atoms with E-state index < -0.39 is 0 Å². The molecule has 7 aromatic rings. The van der Waals surface area contributed by atoms with Crippen molar-refractivity contribution in [2.45, 2.75) is 150 Å². The lowest BCUT2D eigenvalue weighted by molar-refractivity contribution is 0.332. The number of fused-ring (bicyclic) bond motifs is 10. The second-order valence-electron chi connectivity index (χ2n) is 23.7. The Labute approximate surface area is 381 Å². The third-order valence-corrected chi connectivity index (χ3v) is 17.5. The van der Waals surface area contributed by atoms with Gasteiger partial charge in [0, 0.05) is 48.6 Å². The summed E-state index contributed by atoms with van der Waals surface area (Å²) in [6.45, 7) is 33.8. The fraction of sp³-hybridized carbons (Fsp3) is 0.390. The lowest BCUT2D eigenvalue weighted by Crippen LogP contribution is -2.62. The molecule has 0 saturated carbocycles. The van der Waals surface area contributed by atoms with Gasteiger partial charge in [0.25, 0.3) is 6.71 Å². The third kappa shape index (κ3) is 5.88. The maximum absolute atomic E-state index is 2.69. The van der Waals surface area contributed by atoms with E-state index in [2.05, 4.69) is 198 Å². The molecule has 0 fully saturated rings. The van der Waals surface area contributed by atoms with Gasteiger partial charge in [-0.05, 0) is 183 Å². The molecule has 4 heteroatoms. The Balaban J connectivity index is 1.29. The van der Waals surface area contributed by atoms with E-state index in [4.69, 9.17) is 0 Å². The van der Waals surface area contributed by atoms with Gasteiger partial charge in [0.05, 0.1) is 5.69 Å². The average Bonchev–Trinajstić information content (AvgIpc) is 3.59. The first-order valence-electron chi connectivity index (χ1n) is 23.7. The minimum atomic E-state index is 0.0600. The Hall–Kier alpha value is -4.80. The Kier molecular flexibility index (Phi) is 8.55. The SMILES string of the molecule is Cc1cc2c3c(c1)N(c1ccccc1C)c1c(ccc4sc5cc6c(cc5c14)C(C)(C)CCC6(C)C)B3c1cc3c(cc1N2c1ccc(C(C)(C)C)cc1C)C(C)(C)CCC3(C)C. The molecule has 0 unspecified atom stereocenters. The normalized spacial score (nSPS) is 18.8. The number of hydrogen-bond acceptors (Lipinski definition) is 3. The molecule has 1 aromatic heterocycles. The van der Waals surface area contributed by atoms with Crippen molar-refractivity contribution >= 4 is 88.7 Å². The van der Waals surface area contributed by atoms with Gasteiger partial charge in [0.15, 0.2) is 0 Å². The number of nitrogens with zero attached hydrogens (tertiary/aromatic N) is 2. The number of thiophene rings is 1. The Morgan fingerprint density at radius 1 is 0.508 bits per heavy atom. The van der Waals surface area contributed by atoms with E-state index in [9.17, 15) is 0 Å². The van der Waals surface area contributed by atoms with E-state index in [1.165, 1.54) is 141 Å². The summed E-state index contributed by atoms with van der Waals surface area (Å²) in [7, 11) is 0. The standard InChI is InChI=1S/C59H65BN2S/c1-34-27-48-53-49(28-34)62(45-18-16-15-17-35(45)2)54-43(20-22-50-52(54)38-30-39-42(33-51(38)63-50)59(13,14)26-23-56(39,7)8)60(53)44-31-40-41(58(11,12)25-24-57(40,9)10)32-47(44)61(48)46-21-19-37(29-36(46)3)55(4,5)6/h15-22,27-33H,23-26H2,1-14H3. The Morgan fingerprint density at radius 3 is 1.70 bits per heavy atom. The van der Waals surface area contributed by atoms with Crippen molar-refractivity contribution in [3.63, 3.8) is 0 Å². The van der Waals surface area contributed by atoms with E-state index >= 15 is 0 Å². The van der Waals surface area contributed by atoms with E-state index in [0.29, 0.717) is 0 Å². The van der Waals surface area contributed by atoms with Crippen LogP contribution in [-0.4, -0.2) is 6.71 Å². The molecule has 11 rings (SSSR count). The minimum Gasteiger partial charge on any atom is -0.311 e. The summed E-state index contributed by atoms with van der Waals surface area (Å²) >= 11 is 1.99. The van der Waals surface area contributed by atoms with Gasteiger partial charge in [-0.1, -0.05) is 119 Å². The monoisotopic (exact) mass is 844 g/mol. The van der Waals surface area contributed by atoms with E-state index in [0.717, 1.165) is 0 Å². The second-order valence-corrected chi connectivity index (χ2v) is 24.8. The number of para-hydroxylation sites is 1. The van der Waals surface area contributed by atoms with Crippen LogP contribution < -0.4 is 26.2 Å². The molecule has 2 nitrogen and oxygen atoms in total. The zero-order valence-corrected chi connectivity index (χ0v) is 41.2. The van der Waals surface area contributed by atoms with Gasteiger partial charge in [0.1, 0.15) is 0 Å².